The van der Waals surface area contributed by atoms with Crippen molar-refractivity contribution in [2.75, 3.05) is 18.8 Å². The first kappa shape index (κ1) is 21.7. The molecule has 30 heavy (non-hydrogen) atoms. The molecule has 0 saturated carbocycles. The molecule has 0 aliphatic carbocycles. The maximum absolute atomic E-state index is 12.9. The molecule has 0 bridgehead atoms. The molecule has 2 aromatic rings. The highest BCUT2D eigenvalue weighted by atomic mass is 32.2. The van der Waals surface area contributed by atoms with Crippen LogP contribution in [0.5, 0.6) is 0 Å². The molecule has 0 amide bonds. The number of ether oxygens (including phenoxy) is 1. The number of piperidine rings is 1. The van der Waals surface area contributed by atoms with Gasteiger partial charge in [0.05, 0.1) is 21.6 Å². The van der Waals surface area contributed by atoms with Crippen LogP contribution < -0.4 is 5.32 Å². The van der Waals surface area contributed by atoms with Crippen molar-refractivity contribution in [1.29, 1.82) is 0 Å². The first-order valence-corrected chi connectivity index (χ1v) is 13.2. The number of ketones is 1. The summed E-state index contributed by atoms with van der Waals surface area (Å²) in [6, 6.07) is 9.00. The summed E-state index contributed by atoms with van der Waals surface area (Å²) in [5.41, 5.74) is 2.02. The maximum Gasteiger partial charge on any atom is 0.178 e. The van der Waals surface area contributed by atoms with E-state index in [-0.39, 0.29) is 23.2 Å². The Kier molecular flexibility index (Phi) is 6.17. The van der Waals surface area contributed by atoms with Gasteiger partial charge in [0.1, 0.15) is 5.60 Å². The number of fused-ring (bicyclic) bond motifs is 2. The summed E-state index contributed by atoms with van der Waals surface area (Å²) in [5, 5.41) is 3.41. The van der Waals surface area contributed by atoms with Gasteiger partial charge in [0.15, 0.2) is 15.6 Å². The maximum atomic E-state index is 12.9. The molecular weight excluding hydrogens is 418 g/mol. The Bertz CT molecular complexity index is 1020. The molecule has 1 aromatic heterocycles. The van der Waals surface area contributed by atoms with E-state index < -0.39 is 9.84 Å². The molecule has 1 saturated heterocycles. The number of aryl methyl sites for hydroxylation is 1. The van der Waals surface area contributed by atoms with Gasteiger partial charge in [0, 0.05) is 11.3 Å². The third kappa shape index (κ3) is 4.26. The first-order chi connectivity index (χ1) is 14.3. The largest absolute Gasteiger partial charge is 0.366 e. The smallest absolute Gasteiger partial charge is 0.178 e. The third-order valence-electron chi connectivity index (χ3n) is 6.15. The number of hydrogen-bond donors (Lipinski definition) is 1. The molecule has 0 unspecified atom stereocenters. The van der Waals surface area contributed by atoms with Gasteiger partial charge in [-0.15, -0.1) is 11.3 Å². The highest BCUT2D eigenvalue weighted by Gasteiger charge is 2.43. The second-order valence-electron chi connectivity index (χ2n) is 8.31. The zero-order valence-electron chi connectivity index (χ0n) is 17.6. The van der Waals surface area contributed by atoms with Gasteiger partial charge in [-0.1, -0.05) is 19.1 Å². The Morgan fingerprint density at radius 1 is 1.23 bits per heavy atom. The number of hydrogen-bond acceptors (Lipinski definition) is 6. The summed E-state index contributed by atoms with van der Waals surface area (Å²) in [6.07, 6.45) is 3.96. The van der Waals surface area contributed by atoms with Gasteiger partial charge in [-0.05, 0) is 75.0 Å². The van der Waals surface area contributed by atoms with Crippen molar-refractivity contribution < 1.29 is 17.9 Å². The van der Waals surface area contributed by atoms with Crippen molar-refractivity contribution in [2.24, 2.45) is 0 Å². The molecule has 1 atom stereocenters. The minimum Gasteiger partial charge on any atom is -0.366 e. The van der Waals surface area contributed by atoms with Gasteiger partial charge in [-0.3, -0.25) is 4.79 Å². The zero-order valence-corrected chi connectivity index (χ0v) is 19.2. The standard InChI is InChI=1S/C23H29NO4S2/c1-3-30(26,27)19-7-4-17(5-8-19)6-9-20(25)21-15-18-14-16(2)28-23(22(18)29-21)10-12-24-13-11-23/h4-5,7-8,15-16,24H,3,6,9-14H2,1-2H3/t16-/m1/s1. The van der Waals surface area contributed by atoms with Crippen molar-refractivity contribution in [3.05, 3.63) is 51.2 Å². The first-order valence-electron chi connectivity index (χ1n) is 10.7. The van der Waals surface area contributed by atoms with Crippen LogP contribution in [0.15, 0.2) is 35.2 Å². The van der Waals surface area contributed by atoms with Crippen LogP contribution in [0.2, 0.25) is 0 Å². The summed E-state index contributed by atoms with van der Waals surface area (Å²) in [6.45, 7) is 5.64. The van der Waals surface area contributed by atoms with Crippen LogP contribution in [-0.2, 0) is 33.0 Å². The van der Waals surface area contributed by atoms with Gasteiger partial charge >= 0.3 is 0 Å². The zero-order chi connectivity index (χ0) is 21.4. The monoisotopic (exact) mass is 447 g/mol. The van der Waals surface area contributed by atoms with Gasteiger partial charge in [-0.2, -0.15) is 0 Å². The predicted octanol–water partition coefficient (Wildman–Crippen LogP) is 3.90. The fourth-order valence-corrected chi connectivity index (χ4v) is 6.71. The van der Waals surface area contributed by atoms with E-state index in [9.17, 15) is 13.2 Å². The molecule has 1 aromatic carbocycles. The van der Waals surface area contributed by atoms with E-state index in [1.165, 1.54) is 10.4 Å². The molecule has 1 N–H and O–H groups in total. The van der Waals surface area contributed by atoms with Crippen molar-refractivity contribution >= 4 is 27.0 Å². The Hall–Kier alpha value is -1.54. The highest BCUT2D eigenvalue weighted by molar-refractivity contribution is 7.91. The Morgan fingerprint density at radius 2 is 1.93 bits per heavy atom. The van der Waals surface area contributed by atoms with Crippen LogP contribution in [0.3, 0.4) is 0 Å². The SMILES string of the molecule is CCS(=O)(=O)c1ccc(CCC(=O)c2cc3c(s2)C2(CCNCC2)O[C@H](C)C3)cc1. The van der Waals surface area contributed by atoms with E-state index in [0.717, 1.165) is 42.8 Å². The number of carbonyl (C=O) groups excluding carboxylic acids is 1. The van der Waals surface area contributed by atoms with Crippen LogP contribution in [0, 0.1) is 0 Å². The molecule has 2 aliphatic heterocycles. The second-order valence-corrected chi connectivity index (χ2v) is 11.6. The van der Waals surface area contributed by atoms with Crippen molar-refractivity contribution in [2.45, 2.75) is 62.6 Å². The van der Waals surface area contributed by atoms with Crippen molar-refractivity contribution in [1.82, 2.24) is 5.32 Å². The quantitative estimate of drug-likeness (QED) is 0.680. The lowest BCUT2D eigenvalue weighted by Crippen LogP contribution is -2.46. The average Bonchev–Trinajstić information content (AvgIpc) is 3.18. The lowest BCUT2D eigenvalue weighted by molar-refractivity contribution is -0.117. The molecule has 5 nitrogen and oxygen atoms in total. The van der Waals surface area contributed by atoms with E-state index in [1.54, 1.807) is 30.4 Å². The van der Waals surface area contributed by atoms with E-state index in [0.29, 0.717) is 17.7 Å². The number of sulfone groups is 1. The molecule has 4 rings (SSSR count). The topological polar surface area (TPSA) is 72.5 Å². The highest BCUT2D eigenvalue weighted by Crippen LogP contribution is 2.46. The van der Waals surface area contributed by atoms with Gasteiger partial charge in [0.25, 0.3) is 0 Å². The number of nitrogens with one attached hydrogen (secondary N) is 1. The number of thiophene rings is 1. The Balaban J connectivity index is 1.47. The molecule has 162 valence electrons. The van der Waals surface area contributed by atoms with Crippen LogP contribution in [0.4, 0.5) is 0 Å². The molecule has 2 aliphatic rings. The Morgan fingerprint density at radius 3 is 2.60 bits per heavy atom. The summed E-state index contributed by atoms with van der Waals surface area (Å²) in [4.78, 5) is 15.3. The van der Waals surface area contributed by atoms with E-state index in [1.807, 2.05) is 12.1 Å². The normalized spacial score (nSPS) is 20.8. The van der Waals surface area contributed by atoms with Crippen molar-refractivity contribution in [3.8, 4) is 0 Å². The van der Waals surface area contributed by atoms with Crippen LogP contribution in [0.1, 0.15) is 58.8 Å². The fourth-order valence-electron chi connectivity index (χ4n) is 4.48. The molecule has 7 heteroatoms. The lowest BCUT2D eigenvalue weighted by atomic mass is 9.84. The number of carbonyl (C=O) groups is 1. The predicted molar refractivity (Wildman–Crippen MR) is 119 cm³/mol. The molecule has 3 heterocycles. The summed E-state index contributed by atoms with van der Waals surface area (Å²) >= 11 is 1.61. The fraction of sp³-hybridized carbons (Fsp3) is 0.522. The summed E-state index contributed by atoms with van der Waals surface area (Å²) < 4.78 is 30.3. The molecule has 1 spiro atoms. The van der Waals surface area contributed by atoms with E-state index in [4.69, 9.17) is 4.74 Å². The van der Waals surface area contributed by atoms with Crippen LogP contribution in [-0.4, -0.2) is 39.1 Å². The van der Waals surface area contributed by atoms with E-state index >= 15 is 0 Å². The summed E-state index contributed by atoms with van der Waals surface area (Å²) in [5.74, 6) is 0.240. The molecule has 1 fully saturated rings. The van der Waals surface area contributed by atoms with Gasteiger partial charge in [-0.25, -0.2) is 8.42 Å². The number of benzene rings is 1. The van der Waals surface area contributed by atoms with Crippen LogP contribution >= 0.6 is 11.3 Å². The molecule has 0 radical (unpaired) electrons. The number of Topliss-reactive ketones (excluding diaryl/α,β-unsaturated/α-hetero) is 1. The van der Waals surface area contributed by atoms with Gasteiger partial charge in [0.2, 0.25) is 0 Å². The Labute approximate surface area is 182 Å². The average molecular weight is 448 g/mol. The molecular formula is C23H29NO4S2. The minimum atomic E-state index is -3.19. The van der Waals surface area contributed by atoms with Crippen LogP contribution in [0.25, 0.3) is 0 Å². The minimum absolute atomic E-state index is 0.0910. The number of rotatable bonds is 6. The van der Waals surface area contributed by atoms with E-state index in [2.05, 4.69) is 18.3 Å². The summed E-state index contributed by atoms with van der Waals surface area (Å²) in [7, 11) is -3.19. The van der Waals surface area contributed by atoms with Crippen molar-refractivity contribution in [3.63, 3.8) is 0 Å². The third-order valence-corrected chi connectivity index (χ3v) is 9.30. The lowest BCUT2D eigenvalue weighted by Gasteiger charge is -2.43. The van der Waals surface area contributed by atoms with Gasteiger partial charge < -0.3 is 10.1 Å². The second kappa shape index (κ2) is 8.54.